The molecule has 6 nitrogen and oxygen atoms in total. The van der Waals surface area contributed by atoms with E-state index in [2.05, 4.69) is 29.2 Å². The molecule has 0 atom stereocenters. The molecular formula is C20H23N3O3S2. The molecule has 1 aromatic heterocycles. The summed E-state index contributed by atoms with van der Waals surface area (Å²) in [5.74, 6) is 2.35. The van der Waals surface area contributed by atoms with Crippen LogP contribution in [-0.2, 0) is 27.9 Å². The lowest BCUT2D eigenvalue weighted by molar-refractivity contribution is 0.391. The summed E-state index contributed by atoms with van der Waals surface area (Å²) in [5, 5.41) is 4.05. The second-order valence-corrected chi connectivity index (χ2v) is 9.63. The van der Waals surface area contributed by atoms with Crippen molar-refractivity contribution in [3.8, 4) is 11.4 Å². The lowest BCUT2D eigenvalue weighted by Crippen LogP contribution is -2.22. The van der Waals surface area contributed by atoms with Gasteiger partial charge in [0.25, 0.3) is 0 Å². The highest BCUT2D eigenvalue weighted by Crippen LogP contribution is 2.22. The average molecular weight is 418 g/mol. The maximum atomic E-state index is 12.2. The number of hydrogen-bond acceptors (Lipinski definition) is 6. The SMILES string of the molecule is CCc1ccc(-c2noc(CSCc3cccc(S(=O)(=O)N(C)C)c3)n2)cc1. The highest BCUT2D eigenvalue weighted by molar-refractivity contribution is 7.97. The average Bonchev–Trinajstić information content (AvgIpc) is 3.17. The molecule has 8 heteroatoms. The van der Waals surface area contributed by atoms with Crippen molar-refractivity contribution in [3.05, 3.63) is 65.5 Å². The second-order valence-electron chi connectivity index (χ2n) is 6.49. The molecule has 0 amide bonds. The summed E-state index contributed by atoms with van der Waals surface area (Å²) in [5.41, 5.74) is 3.13. The molecular weight excluding hydrogens is 394 g/mol. The van der Waals surface area contributed by atoms with E-state index in [-0.39, 0.29) is 0 Å². The van der Waals surface area contributed by atoms with Crippen LogP contribution in [-0.4, -0.2) is 37.0 Å². The van der Waals surface area contributed by atoms with Crippen LogP contribution in [0.4, 0.5) is 0 Å². The van der Waals surface area contributed by atoms with Gasteiger partial charge in [-0.05, 0) is 29.7 Å². The van der Waals surface area contributed by atoms with Crippen LogP contribution >= 0.6 is 11.8 Å². The third kappa shape index (κ3) is 4.81. The molecule has 0 radical (unpaired) electrons. The molecule has 0 spiro atoms. The smallest absolute Gasteiger partial charge is 0.242 e. The van der Waals surface area contributed by atoms with E-state index in [0.717, 1.165) is 17.5 Å². The summed E-state index contributed by atoms with van der Waals surface area (Å²) >= 11 is 1.60. The quantitative estimate of drug-likeness (QED) is 0.552. The molecule has 1 heterocycles. The van der Waals surface area contributed by atoms with Gasteiger partial charge in [0.1, 0.15) is 0 Å². The molecule has 3 rings (SSSR count). The molecule has 3 aromatic rings. The Morgan fingerprint density at radius 3 is 2.46 bits per heavy atom. The van der Waals surface area contributed by atoms with Gasteiger partial charge >= 0.3 is 0 Å². The van der Waals surface area contributed by atoms with E-state index >= 15 is 0 Å². The van der Waals surface area contributed by atoms with Gasteiger partial charge in [-0.25, -0.2) is 12.7 Å². The molecule has 0 saturated heterocycles. The summed E-state index contributed by atoms with van der Waals surface area (Å²) in [6.45, 7) is 2.12. The number of rotatable bonds is 8. The largest absolute Gasteiger partial charge is 0.338 e. The topological polar surface area (TPSA) is 76.3 Å². The van der Waals surface area contributed by atoms with Crippen molar-refractivity contribution in [1.29, 1.82) is 0 Å². The van der Waals surface area contributed by atoms with Crippen molar-refractivity contribution >= 4 is 21.8 Å². The van der Waals surface area contributed by atoms with Gasteiger partial charge in [0.05, 0.1) is 10.6 Å². The zero-order chi connectivity index (χ0) is 20.1. The first-order valence-electron chi connectivity index (χ1n) is 8.91. The fourth-order valence-electron chi connectivity index (χ4n) is 2.58. The van der Waals surface area contributed by atoms with E-state index in [1.54, 1.807) is 30.0 Å². The Hall–Kier alpha value is -2.16. The Labute approximate surface area is 170 Å². The summed E-state index contributed by atoms with van der Waals surface area (Å²) < 4.78 is 31.0. The molecule has 0 saturated carbocycles. The van der Waals surface area contributed by atoms with E-state index in [9.17, 15) is 8.42 Å². The molecule has 0 aliphatic rings. The predicted molar refractivity (Wildman–Crippen MR) is 111 cm³/mol. The van der Waals surface area contributed by atoms with Gasteiger partial charge in [0.2, 0.25) is 21.7 Å². The van der Waals surface area contributed by atoms with Gasteiger partial charge in [0, 0.05) is 25.4 Å². The van der Waals surface area contributed by atoms with Crippen LogP contribution in [0.5, 0.6) is 0 Å². The first-order valence-corrected chi connectivity index (χ1v) is 11.5. The summed E-state index contributed by atoms with van der Waals surface area (Å²) in [6, 6.07) is 15.1. The third-order valence-corrected chi connectivity index (χ3v) is 7.06. The number of hydrogen-bond donors (Lipinski definition) is 0. The fraction of sp³-hybridized carbons (Fsp3) is 0.300. The minimum Gasteiger partial charge on any atom is -0.338 e. The van der Waals surface area contributed by atoms with Crippen LogP contribution in [0, 0.1) is 0 Å². The molecule has 148 valence electrons. The van der Waals surface area contributed by atoms with Gasteiger partial charge in [-0.2, -0.15) is 4.98 Å². The Morgan fingerprint density at radius 2 is 1.79 bits per heavy atom. The first-order chi connectivity index (χ1) is 13.4. The molecule has 2 aromatic carbocycles. The van der Waals surface area contributed by atoms with Gasteiger partial charge in [-0.3, -0.25) is 0 Å². The van der Waals surface area contributed by atoms with Crippen LogP contribution in [0.3, 0.4) is 0 Å². The van der Waals surface area contributed by atoms with Crippen molar-refractivity contribution in [2.75, 3.05) is 14.1 Å². The zero-order valence-corrected chi connectivity index (χ0v) is 17.8. The third-order valence-electron chi connectivity index (χ3n) is 4.26. The van der Waals surface area contributed by atoms with Crippen LogP contribution < -0.4 is 0 Å². The van der Waals surface area contributed by atoms with Gasteiger partial charge < -0.3 is 4.52 Å². The van der Waals surface area contributed by atoms with Crippen molar-refractivity contribution in [2.24, 2.45) is 0 Å². The van der Waals surface area contributed by atoms with E-state index in [4.69, 9.17) is 4.52 Å². The molecule has 28 heavy (non-hydrogen) atoms. The monoisotopic (exact) mass is 417 g/mol. The maximum absolute atomic E-state index is 12.2. The Balaban J connectivity index is 1.61. The number of aromatic nitrogens is 2. The first kappa shape index (κ1) is 20.6. The zero-order valence-electron chi connectivity index (χ0n) is 16.1. The molecule has 0 unspecified atom stereocenters. The standard InChI is InChI=1S/C20H23N3O3S2/c1-4-15-8-10-17(11-9-15)20-21-19(26-22-20)14-27-13-16-6-5-7-18(12-16)28(24,25)23(2)3/h5-12H,4,13-14H2,1-3H3. The minimum absolute atomic E-state index is 0.297. The number of nitrogens with zero attached hydrogens (tertiary/aromatic N) is 3. The number of sulfonamides is 1. The van der Waals surface area contributed by atoms with Crippen LogP contribution in [0.1, 0.15) is 23.9 Å². The normalized spacial score (nSPS) is 11.9. The molecule has 0 fully saturated rings. The van der Waals surface area contributed by atoms with Crippen LogP contribution in [0.25, 0.3) is 11.4 Å². The number of benzene rings is 2. The van der Waals surface area contributed by atoms with Gasteiger partial charge in [0.15, 0.2) is 0 Å². The van der Waals surface area contributed by atoms with Crippen molar-refractivity contribution in [1.82, 2.24) is 14.4 Å². The van der Waals surface area contributed by atoms with E-state index in [0.29, 0.717) is 28.1 Å². The molecule has 0 aliphatic carbocycles. The molecule has 0 aliphatic heterocycles. The highest BCUT2D eigenvalue weighted by atomic mass is 32.2. The minimum atomic E-state index is -3.43. The summed E-state index contributed by atoms with van der Waals surface area (Å²) in [6.07, 6.45) is 0.992. The Morgan fingerprint density at radius 1 is 1.04 bits per heavy atom. The van der Waals surface area contributed by atoms with Crippen molar-refractivity contribution in [2.45, 2.75) is 29.7 Å². The highest BCUT2D eigenvalue weighted by Gasteiger charge is 2.17. The summed E-state index contributed by atoms with van der Waals surface area (Å²) in [7, 11) is -0.371. The molecule has 0 N–H and O–H groups in total. The van der Waals surface area contributed by atoms with Gasteiger partial charge in [-0.15, -0.1) is 11.8 Å². The number of aryl methyl sites for hydroxylation is 1. The summed E-state index contributed by atoms with van der Waals surface area (Å²) in [4.78, 5) is 4.74. The lowest BCUT2D eigenvalue weighted by Gasteiger charge is -2.12. The van der Waals surface area contributed by atoms with E-state index < -0.39 is 10.0 Å². The molecule has 0 bridgehead atoms. The van der Waals surface area contributed by atoms with Crippen LogP contribution in [0.2, 0.25) is 0 Å². The lowest BCUT2D eigenvalue weighted by atomic mass is 10.1. The van der Waals surface area contributed by atoms with Crippen molar-refractivity contribution < 1.29 is 12.9 Å². The maximum Gasteiger partial charge on any atom is 0.242 e. The Bertz CT molecular complexity index is 1030. The van der Waals surface area contributed by atoms with Crippen molar-refractivity contribution in [3.63, 3.8) is 0 Å². The van der Waals surface area contributed by atoms with E-state index in [1.165, 1.54) is 24.0 Å². The van der Waals surface area contributed by atoms with E-state index in [1.807, 2.05) is 18.2 Å². The predicted octanol–water partition coefficient (Wildman–Crippen LogP) is 3.98. The second kappa shape index (κ2) is 8.89. The Kier molecular flexibility index (Phi) is 6.53. The number of thioether (sulfide) groups is 1. The van der Waals surface area contributed by atoms with Crippen LogP contribution in [0.15, 0.2) is 57.9 Å². The van der Waals surface area contributed by atoms with Gasteiger partial charge in [-0.1, -0.05) is 48.5 Å². The fourth-order valence-corrected chi connectivity index (χ4v) is 4.36.